The second-order valence-corrected chi connectivity index (χ2v) is 10.7. The van der Waals surface area contributed by atoms with Crippen LogP contribution < -0.4 is 14.8 Å². The van der Waals surface area contributed by atoms with E-state index in [1.807, 2.05) is 13.8 Å². The van der Waals surface area contributed by atoms with Crippen molar-refractivity contribution in [1.29, 1.82) is 0 Å². The highest BCUT2D eigenvalue weighted by molar-refractivity contribution is 7.89. The van der Waals surface area contributed by atoms with Crippen LogP contribution in [0, 0.1) is 5.82 Å². The minimum absolute atomic E-state index is 0.0765. The van der Waals surface area contributed by atoms with Crippen LogP contribution in [0.15, 0.2) is 42.5 Å². The fourth-order valence-corrected chi connectivity index (χ4v) is 4.41. The summed E-state index contributed by atoms with van der Waals surface area (Å²) in [4.78, 5) is 28.9. The van der Waals surface area contributed by atoms with Gasteiger partial charge in [0.1, 0.15) is 11.6 Å². The number of hydrogen-bond donors (Lipinski definition) is 2. The highest BCUT2D eigenvalue weighted by Gasteiger charge is 2.32. The van der Waals surface area contributed by atoms with Crippen LogP contribution in [0.4, 0.5) is 14.9 Å². The van der Waals surface area contributed by atoms with Crippen LogP contribution in [0.1, 0.15) is 19.4 Å². The van der Waals surface area contributed by atoms with Gasteiger partial charge in [-0.05, 0) is 49.7 Å². The van der Waals surface area contributed by atoms with Gasteiger partial charge in [-0.15, -0.1) is 0 Å². The summed E-state index contributed by atoms with van der Waals surface area (Å²) in [7, 11) is -3.76. The first-order chi connectivity index (χ1) is 16.4. The van der Waals surface area contributed by atoms with E-state index in [0.29, 0.717) is 19.6 Å². The number of anilines is 1. The lowest BCUT2D eigenvalue weighted by molar-refractivity contribution is -0.139. The zero-order valence-electron chi connectivity index (χ0n) is 19.6. The Morgan fingerprint density at radius 2 is 1.80 bits per heavy atom. The van der Waals surface area contributed by atoms with Crippen molar-refractivity contribution in [2.24, 2.45) is 0 Å². The van der Waals surface area contributed by atoms with E-state index in [0.717, 1.165) is 11.8 Å². The van der Waals surface area contributed by atoms with Crippen molar-refractivity contribution in [3.63, 3.8) is 0 Å². The van der Waals surface area contributed by atoms with Crippen molar-refractivity contribution in [3.05, 3.63) is 58.9 Å². The molecule has 2 N–H and O–H groups in total. The molecule has 1 fully saturated rings. The second-order valence-electron chi connectivity index (χ2n) is 8.56. The van der Waals surface area contributed by atoms with Gasteiger partial charge < -0.3 is 15.0 Å². The topological polar surface area (TPSA) is 108 Å². The van der Waals surface area contributed by atoms with Crippen LogP contribution in [0.25, 0.3) is 0 Å². The standard InChI is InChI=1S/C23H28ClFN4O5S/c1-15-12-29(16(2)11-28(15)13-17-4-7-19(25)8-5-17)22(30)14-34-21-9-6-18(24)10-20(21)26-23(31)27-35(3,32)33/h4-10,15-16H,11-14H2,1-3H3,(H2,26,27,31)/t15-,16+/m0/s1. The van der Waals surface area contributed by atoms with E-state index in [-0.39, 0.29) is 46.9 Å². The average molecular weight is 527 g/mol. The van der Waals surface area contributed by atoms with E-state index in [4.69, 9.17) is 16.3 Å². The maximum Gasteiger partial charge on any atom is 0.332 e. The van der Waals surface area contributed by atoms with Gasteiger partial charge in [0, 0.05) is 36.7 Å². The number of carbonyl (C=O) groups excluding carboxylic acids is 2. The SMILES string of the molecule is C[C@@H]1CN(Cc2ccc(F)cc2)[C@@H](C)CN1C(=O)COc1ccc(Cl)cc1NC(=O)NS(C)(=O)=O. The molecule has 0 aliphatic carbocycles. The lowest BCUT2D eigenvalue weighted by atomic mass is 10.1. The van der Waals surface area contributed by atoms with Gasteiger partial charge in [0.25, 0.3) is 5.91 Å². The minimum atomic E-state index is -3.76. The molecule has 2 aromatic rings. The summed E-state index contributed by atoms with van der Waals surface area (Å²) in [6.07, 6.45) is 0.849. The van der Waals surface area contributed by atoms with E-state index < -0.39 is 16.1 Å². The number of ether oxygens (including phenoxy) is 1. The largest absolute Gasteiger partial charge is 0.482 e. The van der Waals surface area contributed by atoms with Crippen molar-refractivity contribution >= 4 is 39.2 Å². The van der Waals surface area contributed by atoms with Crippen LogP contribution in [-0.4, -0.2) is 68.2 Å². The van der Waals surface area contributed by atoms with Crippen LogP contribution in [0.5, 0.6) is 5.75 Å². The number of amides is 3. The normalized spacial score (nSPS) is 18.7. The van der Waals surface area contributed by atoms with E-state index in [1.165, 1.54) is 30.3 Å². The highest BCUT2D eigenvalue weighted by Crippen LogP contribution is 2.28. The third kappa shape index (κ3) is 7.81. The predicted molar refractivity (Wildman–Crippen MR) is 131 cm³/mol. The molecule has 0 spiro atoms. The maximum absolute atomic E-state index is 13.2. The molecular weight excluding hydrogens is 499 g/mol. The molecule has 0 radical (unpaired) electrons. The van der Waals surface area contributed by atoms with Crippen LogP contribution in [0.2, 0.25) is 5.02 Å². The Kier molecular flexibility index (Phi) is 8.57. The fourth-order valence-electron chi connectivity index (χ4n) is 3.85. The maximum atomic E-state index is 13.2. The molecule has 0 aromatic heterocycles. The number of halogens is 2. The number of urea groups is 1. The molecule has 2 atom stereocenters. The Hall–Kier alpha value is -2.89. The van der Waals surface area contributed by atoms with Crippen molar-refractivity contribution in [3.8, 4) is 5.75 Å². The number of nitrogens with zero attached hydrogens (tertiary/aromatic N) is 2. The summed E-state index contributed by atoms with van der Waals surface area (Å²) in [6, 6.07) is 9.80. The van der Waals surface area contributed by atoms with Gasteiger partial charge in [0.05, 0.1) is 11.9 Å². The number of carbonyl (C=O) groups is 2. The molecule has 1 saturated heterocycles. The summed E-state index contributed by atoms with van der Waals surface area (Å²) in [5.74, 6) is -0.338. The average Bonchev–Trinajstić information content (AvgIpc) is 2.75. The summed E-state index contributed by atoms with van der Waals surface area (Å²) in [5.41, 5.74) is 1.12. The Labute approximate surface area is 209 Å². The molecule has 3 amide bonds. The Morgan fingerprint density at radius 3 is 2.46 bits per heavy atom. The summed E-state index contributed by atoms with van der Waals surface area (Å²) < 4.78 is 43.2. The first-order valence-corrected chi connectivity index (χ1v) is 13.2. The molecule has 2 aromatic carbocycles. The van der Waals surface area contributed by atoms with Gasteiger partial charge in [-0.3, -0.25) is 9.69 Å². The summed E-state index contributed by atoms with van der Waals surface area (Å²) in [6.45, 7) is 5.49. The number of piperazine rings is 1. The Bertz CT molecular complexity index is 1180. The van der Waals surface area contributed by atoms with Crippen LogP contribution in [0.3, 0.4) is 0 Å². The smallest absolute Gasteiger partial charge is 0.332 e. The van der Waals surface area contributed by atoms with Gasteiger partial charge in [0.15, 0.2) is 6.61 Å². The van der Waals surface area contributed by atoms with Crippen molar-refractivity contribution in [2.45, 2.75) is 32.5 Å². The summed E-state index contributed by atoms with van der Waals surface area (Å²) >= 11 is 5.99. The van der Waals surface area contributed by atoms with Gasteiger partial charge in [0.2, 0.25) is 10.0 Å². The number of hydrogen-bond acceptors (Lipinski definition) is 6. The van der Waals surface area contributed by atoms with Crippen molar-refractivity contribution < 1.29 is 27.1 Å². The first kappa shape index (κ1) is 26.7. The Balaban J connectivity index is 1.60. The predicted octanol–water partition coefficient (Wildman–Crippen LogP) is 3.06. The number of rotatable bonds is 7. The van der Waals surface area contributed by atoms with Crippen LogP contribution in [-0.2, 0) is 21.4 Å². The number of benzene rings is 2. The molecule has 1 heterocycles. The molecule has 0 unspecified atom stereocenters. The molecule has 9 nitrogen and oxygen atoms in total. The number of sulfonamides is 1. The lowest BCUT2D eigenvalue weighted by Crippen LogP contribution is -2.58. The molecule has 1 aliphatic heterocycles. The van der Waals surface area contributed by atoms with Gasteiger partial charge in [-0.2, -0.15) is 0 Å². The zero-order chi connectivity index (χ0) is 25.8. The Morgan fingerprint density at radius 1 is 1.11 bits per heavy atom. The molecule has 0 saturated carbocycles. The van der Waals surface area contributed by atoms with E-state index >= 15 is 0 Å². The first-order valence-electron chi connectivity index (χ1n) is 10.9. The fraction of sp³-hybridized carbons (Fsp3) is 0.391. The molecule has 35 heavy (non-hydrogen) atoms. The molecule has 1 aliphatic rings. The van der Waals surface area contributed by atoms with Crippen LogP contribution >= 0.6 is 11.6 Å². The molecule has 0 bridgehead atoms. The number of nitrogens with one attached hydrogen (secondary N) is 2. The van der Waals surface area contributed by atoms with E-state index in [1.54, 1.807) is 21.8 Å². The molecule has 190 valence electrons. The van der Waals surface area contributed by atoms with Gasteiger partial charge >= 0.3 is 6.03 Å². The molecule has 3 rings (SSSR count). The monoisotopic (exact) mass is 526 g/mol. The molecule has 12 heteroatoms. The van der Waals surface area contributed by atoms with Crippen molar-refractivity contribution in [2.75, 3.05) is 31.3 Å². The minimum Gasteiger partial charge on any atom is -0.482 e. The third-order valence-electron chi connectivity index (χ3n) is 5.55. The van der Waals surface area contributed by atoms with Crippen molar-refractivity contribution in [1.82, 2.24) is 14.5 Å². The second kappa shape index (κ2) is 11.2. The van der Waals surface area contributed by atoms with E-state index in [2.05, 4.69) is 10.2 Å². The van der Waals surface area contributed by atoms with Gasteiger partial charge in [-0.25, -0.2) is 22.3 Å². The van der Waals surface area contributed by atoms with E-state index in [9.17, 15) is 22.4 Å². The third-order valence-corrected chi connectivity index (χ3v) is 6.34. The zero-order valence-corrected chi connectivity index (χ0v) is 21.2. The quantitative estimate of drug-likeness (QED) is 0.574. The highest BCUT2D eigenvalue weighted by atomic mass is 35.5. The lowest BCUT2D eigenvalue weighted by Gasteiger charge is -2.44. The van der Waals surface area contributed by atoms with Gasteiger partial charge in [-0.1, -0.05) is 23.7 Å². The summed E-state index contributed by atoms with van der Waals surface area (Å²) in [5, 5.41) is 2.66. The molecular formula is C23H28ClFN4O5S.